The summed E-state index contributed by atoms with van der Waals surface area (Å²) in [6, 6.07) is 4.94. The van der Waals surface area contributed by atoms with Gasteiger partial charge in [0, 0.05) is 17.0 Å². The van der Waals surface area contributed by atoms with Gasteiger partial charge in [-0.1, -0.05) is 17.7 Å². The first-order valence-corrected chi connectivity index (χ1v) is 7.67. The number of carbonyl (C=O) groups excluding carboxylic acids is 1. The Hall–Kier alpha value is -1.64. The third-order valence-electron chi connectivity index (χ3n) is 3.74. The number of benzene rings is 1. The Morgan fingerprint density at radius 2 is 2.36 bits per heavy atom. The topological polar surface area (TPSA) is 62.1 Å². The molecule has 3 atom stereocenters. The maximum atomic E-state index is 13.8. The van der Waals surface area contributed by atoms with Gasteiger partial charge in [-0.25, -0.2) is 4.39 Å². The van der Waals surface area contributed by atoms with E-state index in [2.05, 4.69) is 5.32 Å². The quantitative estimate of drug-likeness (QED) is 0.901. The molecule has 118 valence electrons. The largest absolute Gasteiger partial charge is 0.375 e. The molecule has 0 aliphatic carbocycles. The van der Waals surface area contributed by atoms with Crippen LogP contribution in [-0.2, 0) is 9.53 Å². The smallest absolute Gasteiger partial charge is 0.221 e. The zero-order valence-electron chi connectivity index (χ0n) is 12.3. The molecular weight excluding hydrogens is 307 g/mol. The van der Waals surface area contributed by atoms with Crippen LogP contribution in [0.1, 0.15) is 44.2 Å². The number of ether oxygens (including phenoxy) is 1. The third kappa shape index (κ3) is 4.19. The Labute approximate surface area is 134 Å². The van der Waals surface area contributed by atoms with E-state index >= 15 is 0 Å². The summed E-state index contributed by atoms with van der Waals surface area (Å²) in [7, 11) is 0. The van der Waals surface area contributed by atoms with Gasteiger partial charge in [-0.05, 0) is 38.3 Å². The van der Waals surface area contributed by atoms with Gasteiger partial charge in [-0.3, -0.25) is 4.79 Å². The normalized spacial score (nSPS) is 22.1. The predicted octanol–water partition coefficient (Wildman–Crippen LogP) is 3.51. The van der Waals surface area contributed by atoms with E-state index < -0.39 is 11.9 Å². The van der Waals surface area contributed by atoms with Crippen LogP contribution in [-0.4, -0.2) is 18.1 Å². The fourth-order valence-corrected chi connectivity index (χ4v) is 2.85. The minimum Gasteiger partial charge on any atom is -0.375 e. The Morgan fingerprint density at radius 3 is 2.95 bits per heavy atom. The van der Waals surface area contributed by atoms with Crippen molar-refractivity contribution >= 4 is 17.5 Å². The van der Waals surface area contributed by atoms with Gasteiger partial charge in [0.05, 0.1) is 18.3 Å². The Balaban J connectivity index is 1.93. The summed E-state index contributed by atoms with van der Waals surface area (Å²) in [6.07, 6.45) is 3.09. The molecule has 0 aromatic heterocycles. The summed E-state index contributed by atoms with van der Waals surface area (Å²) in [5.74, 6) is -0.915. The zero-order valence-corrected chi connectivity index (χ0v) is 13.1. The number of amides is 1. The molecule has 1 aromatic rings. The van der Waals surface area contributed by atoms with Crippen molar-refractivity contribution in [3.63, 3.8) is 0 Å². The lowest BCUT2D eigenvalue weighted by molar-refractivity contribution is -0.122. The summed E-state index contributed by atoms with van der Waals surface area (Å²) in [6.45, 7) is 2.01. The summed E-state index contributed by atoms with van der Waals surface area (Å²) in [5.41, 5.74) is 0.00533. The van der Waals surface area contributed by atoms with E-state index in [0.717, 1.165) is 12.8 Å². The molecule has 1 fully saturated rings. The average Bonchev–Trinajstić information content (AvgIpc) is 2.89. The zero-order chi connectivity index (χ0) is 16.1. The summed E-state index contributed by atoms with van der Waals surface area (Å²) in [5, 5.41) is 11.8. The molecule has 0 bridgehead atoms. The summed E-state index contributed by atoms with van der Waals surface area (Å²) in [4.78, 5) is 12.0. The van der Waals surface area contributed by atoms with E-state index in [1.807, 2.05) is 13.0 Å². The van der Waals surface area contributed by atoms with Gasteiger partial charge in [-0.15, -0.1) is 0 Å². The SMILES string of the molecule is C[C@@H]1CC[C@H](CCC(=O)N[C@@H](C#N)c2c(F)cccc2Cl)O1. The second kappa shape index (κ2) is 7.57. The molecule has 4 nitrogen and oxygen atoms in total. The Bertz CT molecular complexity index is 568. The maximum absolute atomic E-state index is 13.8. The van der Waals surface area contributed by atoms with Crippen LogP contribution in [0.3, 0.4) is 0 Å². The van der Waals surface area contributed by atoms with Crippen molar-refractivity contribution in [3.05, 3.63) is 34.6 Å². The van der Waals surface area contributed by atoms with Crippen molar-refractivity contribution in [1.29, 1.82) is 5.26 Å². The molecule has 1 aromatic carbocycles. The number of nitrogens with zero attached hydrogens (tertiary/aromatic N) is 1. The molecule has 0 unspecified atom stereocenters. The van der Waals surface area contributed by atoms with Crippen LogP contribution < -0.4 is 5.32 Å². The van der Waals surface area contributed by atoms with E-state index in [9.17, 15) is 14.4 Å². The molecule has 1 amide bonds. The van der Waals surface area contributed by atoms with Gasteiger partial charge >= 0.3 is 0 Å². The van der Waals surface area contributed by atoms with Gasteiger partial charge in [-0.2, -0.15) is 5.26 Å². The van der Waals surface area contributed by atoms with Crippen LogP contribution in [0.2, 0.25) is 5.02 Å². The van der Waals surface area contributed by atoms with E-state index in [1.54, 1.807) is 0 Å². The van der Waals surface area contributed by atoms with Crippen LogP contribution in [0.15, 0.2) is 18.2 Å². The number of carbonyl (C=O) groups is 1. The van der Waals surface area contributed by atoms with Gasteiger partial charge in [0.2, 0.25) is 5.91 Å². The van der Waals surface area contributed by atoms with Crippen molar-refractivity contribution < 1.29 is 13.9 Å². The van der Waals surface area contributed by atoms with Crippen LogP contribution >= 0.6 is 11.6 Å². The van der Waals surface area contributed by atoms with Gasteiger partial charge in [0.1, 0.15) is 11.9 Å². The molecule has 2 rings (SSSR count). The number of hydrogen-bond acceptors (Lipinski definition) is 3. The summed E-state index contributed by atoms with van der Waals surface area (Å²) >= 11 is 5.92. The van der Waals surface area contributed by atoms with Gasteiger partial charge in [0.15, 0.2) is 0 Å². The van der Waals surface area contributed by atoms with E-state index in [-0.39, 0.29) is 35.1 Å². The number of nitriles is 1. The average molecular weight is 325 g/mol. The lowest BCUT2D eigenvalue weighted by Gasteiger charge is -2.15. The van der Waals surface area contributed by atoms with E-state index in [1.165, 1.54) is 18.2 Å². The van der Waals surface area contributed by atoms with Crippen molar-refractivity contribution in [2.45, 2.75) is 50.9 Å². The standard InChI is InChI=1S/C16H18ClFN2O2/c1-10-5-6-11(22-10)7-8-15(21)20-14(9-19)16-12(17)3-2-4-13(16)18/h2-4,10-11,14H,5-8H2,1H3,(H,20,21)/t10-,11-,14+/m1/s1. The monoisotopic (exact) mass is 324 g/mol. The molecule has 6 heteroatoms. The lowest BCUT2D eigenvalue weighted by Crippen LogP contribution is -2.29. The highest BCUT2D eigenvalue weighted by Crippen LogP contribution is 2.26. The molecule has 1 aliphatic rings. The van der Waals surface area contributed by atoms with Crippen molar-refractivity contribution in [2.75, 3.05) is 0 Å². The van der Waals surface area contributed by atoms with Crippen molar-refractivity contribution in [2.24, 2.45) is 0 Å². The molecule has 1 aliphatic heterocycles. The fourth-order valence-electron chi connectivity index (χ4n) is 2.58. The highest BCUT2D eigenvalue weighted by Gasteiger charge is 2.24. The first kappa shape index (κ1) is 16.7. The minimum absolute atomic E-state index is 0.00533. The van der Waals surface area contributed by atoms with Crippen LogP contribution in [0.25, 0.3) is 0 Å². The molecule has 1 N–H and O–H groups in total. The number of rotatable bonds is 5. The number of hydrogen-bond donors (Lipinski definition) is 1. The molecular formula is C16H18ClFN2O2. The second-order valence-corrected chi connectivity index (χ2v) is 5.86. The summed E-state index contributed by atoms with van der Waals surface area (Å²) < 4.78 is 19.4. The third-order valence-corrected chi connectivity index (χ3v) is 4.07. The Kier molecular flexibility index (Phi) is 5.76. The highest BCUT2D eigenvalue weighted by atomic mass is 35.5. The van der Waals surface area contributed by atoms with E-state index in [4.69, 9.17) is 16.3 Å². The first-order chi connectivity index (χ1) is 10.5. The Morgan fingerprint density at radius 1 is 1.59 bits per heavy atom. The van der Waals surface area contributed by atoms with Crippen molar-refractivity contribution in [1.82, 2.24) is 5.32 Å². The van der Waals surface area contributed by atoms with E-state index in [0.29, 0.717) is 6.42 Å². The molecule has 22 heavy (non-hydrogen) atoms. The molecule has 1 heterocycles. The number of halogens is 2. The van der Waals surface area contributed by atoms with Crippen LogP contribution in [0, 0.1) is 17.1 Å². The second-order valence-electron chi connectivity index (χ2n) is 5.45. The molecule has 0 radical (unpaired) electrons. The highest BCUT2D eigenvalue weighted by molar-refractivity contribution is 6.31. The van der Waals surface area contributed by atoms with Gasteiger partial charge in [0.25, 0.3) is 0 Å². The minimum atomic E-state index is -1.09. The van der Waals surface area contributed by atoms with Crippen LogP contribution in [0.4, 0.5) is 4.39 Å². The number of nitrogens with one attached hydrogen (secondary N) is 1. The fraction of sp³-hybridized carbons (Fsp3) is 0.500. The van der Waals surface area contributed by atoms with Crippen LogP contribution in [0.5, 0.6) is 0 Å². The lowest BCUT2D eigenvalue weighted by atomic mass is 10.1. The van der Waals surface area contributed by atoms with Gasteiger partial charge < -0.3 is 10.1 Å². The molecule has 0 saturated carbocycles. The predicted molar refractivity (Wildman–Crippen MR) is 80.7 cm³/mol. The van der Waals surface area contributed by atoms with Crippen molar-refractivity contribution in [3.8, 4) is 6.07 Å². The maximum Gasteiger partial charge on any atom is 0.221 e. The molecule has 1 saturated heterocycles. The first-order valence-electron chi connectivity index (χ1n) is 7.29. The molecule has 0 spiro atoms.